The summed E-state index contributed by atoms with van der Waals surface area (Å²) in [5, 5.41) is 8.49. The molecule has 1 rings (SSSR count). The molecule has 0 radical (unpaired) electrons. The minimum Gasteiger partial charge on any atom is -0.283 e. The second-order valence-electron chi connectivity index (χ2n) is 2.81. The topological polar surface area (TPSA) is 27.0 Å². The summed E-state index contributed by atoms with van der Waals surface area (Å²) in [5.74, 6) is 0. The fraction of sp³-hybridized carbons (Fsp3) is 0.625. The molecule has 0 N–H and O–H groups in total. The van der Waals surface area contributed by atoms with Crippen molar-refractivity contribution in [3.05, 3.63) is 11.1 Å². The van der Waals surface area contributed by atoms with Crippen molar-refractivity contribution in [1.29, 1.82) is 5.26 Å². The largest absolute Gasteiger partial charge is 0.283 e. The molecule has 0 amide bonds. The quantitative estimate of drug-likeness (QED) is 0.669. The third-order valence-corrected chi connectivity index (χ3v) is 1.96. The van der Waals surface area contributed by atoms with Gasteiger partial charge in [0.1, 0.15) is 0 Å². The third-order valence-electron chi connectivity index (χ3n) is 1.71. The van der Waals surface area contributed by atoms with Crippen molar-refractivity contribution in [2.45, 2.75) is 18.9 Å². The molecule has 0 aromatic rings. The molecule has 60 valence electrons. The number of rotatable bonds is 4. The van der Waals surface area contributed by atoms with Crippen LogP contribution < -0.4 is 0 Å². The molecule has 0 aromatic heterocycles. The smallest absolute Gasteiger partial charge is 0.0871 e. The van der Waals surface area contributed by atoms with Gasteiger partial charge in [0.25, 0.3) is 0 Å². The Balaban J connectivity index is 2.33. The Morgan fingerprint density at radius 1 is 1.73 bits per heavy atom. The van der Waals surface area contributed by atoms with Crippen molar-refractivity contribution in [2.24, 2.45) is 0 Å². The molecule has 1 aliphatic carbocycles. The van der Waals surface area contributed by atoms with Gasteiger partial charge in [-0.25, -0.2) is 0 Å². The van der Waals surface area contributed by atoms with Crippen molar-refractivity contribution < 1.29 is 0 Å². The zero-order chi connectivity index (χ0) is 8.27. The average Bonchev–Trinajstić information content (AvgIpc) is 2.66. The van der Waals surface area contributed by atoms with Crippen LogP contribution in [0.1, 0.15) is 12.8 Å². The van der Waals surface area contributed by atoms with Crippen LogP contribution in [0.4, 0.5) is 0 Å². The van der Waals surface area contributed by atoms with E-state index in [0.717, 1.165) is 11.0 Å². The standard InChI is InChI=1S/C8H11BrN2/c1-7(9)6-11(5-4-10)8-2-3-8/h8H,1-3,5-6H2. The van der Waals surface area contributed by atoms with Crippen molar-refractivity contribution in [2.75, 3.05) is 13.1 Å². The van der Waals surface area contributed by atoms with E-state index >= 15 is 0 Å². The van der Waals surface area contributed by atoms with Gasteiger partial charge in [0.15, 0.2) is 0 Å². The molecule has 3 heteroatoms. The Kier molecular flexibility index (Phi) is 3.10. The van der Waals surface area contributed by atoms with Crippen LogP contribution in [0.5, 0.6) is 0 Å². The van der Waals surface area contributed by atoms with Crippen LogP contribution in [0, 0.1) is 11.3 Å². The predicted octanol–water partition coefficient (Wildman–Crippen LogP) is 1.88. The molecular weight excluding hydrogens is 204 g/mol. The molecule has 0 aliphatic heterocycles. The molecule has 0 bridgehead atoms. The van der Waals surface area contributed by atoms with Crippen LogP contribution in [0.3, 0.4) is 0 Å². The number of hydrogen-bond acceptors (Lipinski definition) is 2. The summed E-state index contributed by atoms with van der Waals surface area (Å²) in [6, 6.07) is 2.80. The maximum atomic E-state index is 8.49. The van der Waals surface area contributed by atoms with Gasteiger partial charge in [-0.1, -0.05) is 22.5 Å². The summed E-state index contributed by atoms with van der Waals surface area (Å²) in [7, 11) is 0. The van der Waals surface area contributed by atoms with E-state index in [0.29, 0.717) is 12.6 Å². The Morgan fingerprint density at radius 3 is 2.73 bits per heavy atom. The lowest BCUT2D eigenvalue weighted by Gasteiger charge is -2.16. The first-order chi connectivity index (χ1) is 5.24. The van der Waals surface area contributed by atoms with Gasteiger partial charge in [0.2, 0.25) is 0 Å². The van der Waals surface area contributed by atoms with Gasteiger partial charge >= 0.3 is 0 Å². The molecule has 0 atom stereocenters. The summed E-state index contributed by atoms with van der Waals surface area (Å²) in [5.41, 5.74) is 0. The SMILES string of the molecule is C=C(Br)CN(CC#N)C1CC1. The lowest BCUT2D eigenvalue weighted by molar-refractivity contribution is 0.327. The number of nitrogens with zero attached hydrogens (tertiary/aromatic N) is 2. The fourth-order valence-corrected chi connectivity index (χ4v) is 1.39. The van der Waals surface area contributed by atoms with Crippen molar-refractivity contribution in [3.63, 3.8) is 0 Å². The minimum absolute atomic E-state index is 0.523. The average molecular weight is 215 g/mol. The Bertz CT molecular complexity index is 191. The highest BCUT2D eigenvalue weighted by Gasteiger charge is 2.28. The lowest BCUT2D eigenvalue weighted by Crippen LogP contribution is -2.27. The van der Waals surface area contributed by atoms with Crippen LogP contribution in [0.2, 0.25) is 0 Å². The second-order valence-corrected chi connectivity index (χ2v) is 3.93. The van der Waals surface area contributed by atoms with E-state index in [4.69, 9.17) is 5.26 Å². The lowest BCUT2D eigenvalue weighted by atomic mass is 10.4. The molecule has 0 saturated heterocycles. The van der Waals surface area contributed by atoms with Gasteiger partial charge in [-0.05, 0) is 12.8 Å². The highest BCUT2D eigenvalue weighted by molar-refractivity contribution is 9.11. The van der Waals surface area contributed by atoms with E-state index in [2.05, 4.69) is 33.5 Å². The molecule has 11 heavy (non-hydrogen) atoms. The van der Waals surface area contributed by atoms with Crippen LogP contribution in [-0.2, 0) is 0 Å². The molecule has 1 saturated carbocycles. The van der Waals surface area contributed by atoms with E-state index in [1.807, 2.05) is 0 Å². The molecule has 0 spiro atoms. The number of nitriles is 1. The fourth-order valence-electron chi connectivity index (χ4n) is 1.06. The molecule has 0 heterocycles. The Hall–Kier alpha value is -0.330. The highest BCUT2D eigenvalue weighted by atomic mass is 79.9. The van der Waals surface area contributed by atoms with E-state index < -0.39 is 0 Å². The maximum Gasteiger partial charge on any atom is 0.0871 e. The first kappa shape index (κ1) is 8.76. The summed E-state index contributed by atoms with van der Waals surface area (Å²) in [6.45, 7) is 5.08. The van der Waals surface area contributed by atoms with Crippen molar-refractivity contribution in [1.82, 2.24) is 4.90 Å². The molecule has 0 unspecified atom stereocenters. The van der Waals surface area contributed by atoms with Gasteiger partial charge < -0.3 is 0 Å². The van der Waals surface area contributed by atoms with E-state index in [9.17, 15) is 0 Å². The summed E-state index contributed by atoms with van der Waals surface area (Å²) < 4.78 is 0.958. The van der Waals surface area contributed by atoms with Crippen molar-refractivity contribution in [3.8, 4) is 6.07 Å². The molecule has 0 aromatic carbocycles. The van der Waals surface area contributed by atoms with E-state index in [1.54, 1.807) is 0 Å². The Labute approximate surface area is 75.6 Å². The van der Waals surface area contributed by atoms with Gasteiger partial charge in [-0.2, -0.15) is 5.26 Å². The van der Waals surface area contributed by atoms with Crippen LogP contribution in [0.25, 0.3) is 0 Å². The normalized spacial score (nSPS) is 16.5. The monoisotopic (exact) mass is 214 g/mol. The maximum absolute atomic E-state index is 8.49. The minimum atomic E-state index is 0.523. The van der Waals surface area contributed by atoms with Gasteiger partial charge in [-0.15, -0.1) is 0 Å². The molecule has 1 fully saturated rings. The van der Waals surface area contributed by atoms with E-state index in [-0.39, 0.29) is 0 Å². The summed E-state index contributed by atoms with van der Waals surface area (Å²) in [6.07, 6.45) is 2.48. The number of halogens is 1. The molecular formula is C8H11BrN2. The Morgan fingerprint density at radius 2 is 2.36 bits per heavy atom. The van der Waals surface area contributed by atoms with Crippen LogP contribution >= 0.6 is 15.9 Å². The van der Waals surface area contributed by atoms with Crippen LogP contribution in [-0.4, -0.2) is 24.0 Å². The molecule has 1 aliphatic rings. The first-order valence-corrected chi connectivity index (χ1v) is 4.47. The summed E-state index contributed by atoms with van der Waals surface area (Å²) in [4.78, 5) is 2.15. The van der Waals surface area contributed by atoms with Gasteiger partial charge in [-0.3, -0.25) is 4.90 Å². The predicted molar refractivity (Wildman–Crippen MR) is 48.3 cm³/mol. The molecule has 2 nitrogen and oxygen atoms in total. The van der Waals surface area contributed by atoms with Gasteiger partial charge in [0, 0.05) is 17.1 Å². The van der Waals surface area contributed by atoms with Crippen LogP contribution in [0.15, 0.2) is 11.1 Å². The van der Waals surface area contributed by atoms with Gasteiger partial charge in [0.05, 0.1) is 12.6 Å². The van der Waals surface area contributed by atoms with Crippen molar-refractivity contribution >= 4 is 15.9 Å². The number of hydrogen-bond donors (Lipinski definition) is 0. The summed E-state index contributed by atoms with van der Waals surface area (Å²) >= 11 is 3.30. The zero-order valence-electron chi connectivity index (χ0n) is 6.39. The third kappa shape index (κ3) is 3.04. The second kappa shape index (κ2) is 3.89. The highest BCUT2D eigenvalue weighted by Crippen LogP contribution is 2.27. The van der Waals surface area contributed by atoms with E-state index in [1.165, 1.54) is 12.8 Å². The first-order valence-electron chi connectivity index (χ1n) is 3.68. The zero-order valence-corrected chi connectivity index (χ0v) is 7.97.